The van der Waals surface area contributed by atoms with Gasteiger partial charge >= 0.3 is 0 Å². The highest BCUT2D eigenvalue weighted by Gasteiger charge is 2.31. The molecule has 4 rings (SSSR count). The molecule has 3 heterocycles. The molecule has 2 unspecified atom stereocenters. The van der Waals surface area contributed by atoms with Gasteiger partial charge in [0.2, 0.25) is 0 Å². The maximum absolute atomic E-state index is 13.3. The second-order valence-corrected chi connectivity index (χ2v) is 7.08. The van der Waals surface area contributed by atoms with Crippen molar-refractivity contribution in [3.05, 3.63) is 60.4 Å². The van der Waals surface area contributed by atoms with Gasteiger partial charge in [-0.15, -0.1) is 0 Å². The lowest BCUT2D eigenvalue weighted by atomic mass is 9.93. The molecule has 134 valence electrons. The van der Waals surface area contributed by atoms with E-state index < -0.39 is 0 Å². The molecular formula is C20H21FN4O. The summed E-state index contributed by atoms with van der Waals surface area (Å²) >= 11 is 0. The first-order valence-electron chi connectivity index (χ1n) is 8.69. The maximum atomic E-state index is 13.3. The van der Waals surface area contributed by atoms with Crippen LogP contribution in [-0.2, 0) is 4.74 Å². The van der Waals surface area contributed by atoms with Gasteiger partial charge in [0.15, 0.2) is 0 Å². The molecule has 1 fully saturated rings. The Balaban J connectivity index is 1.74. The van der Waals surface area contributed by atoms with Gasteiger partial charge in [-0.05, 0) is 56.2 Å². The molecule has 0 bridgehead atoms. The van der Waals surface area contributed by atoms with E-state index in [1.165, 1.54) is 12.1 Å². The third kappa shape index (κ3) is 3.38. The van der Waals surface area contributed by atoms with Gasteiger partial charge in [-0.2, -0.15) is 0 Å². The fourth-order valence-corrected chi connectivity index (χ4v) is 3.21. The van der Waals surface area contributed by atoms with Crippen LogP contribution in [0, 0.1) is 5.82 Å². The van der Waals surface area contributed by atoms with E-state index in [1.54, 1.807) is 24.5 Å². The van der Waals surface area contributed by atoms with Crippen molar-refractivity contribution in [2.45, 2.75) is 31.4 Å². The van der Waals surface area contributed by atoms with Crippen molar-refractivity contribution >= 4 is 0 Å². The van der Waals surface area contributed by atoms with E-state index in [2.05, 4.69) is 9.97 Å². The zero-order valence-electron chi connectivity index (χ0n) is 14.6. The topological polar surface area (TPSA) is 76.8 Å². The van der Waals surface area contributed by atoms with Crippen molar-refractivity contribution in [2.75, 3.05) is 6.61 Å². The standard InChI is InChI=1S/C20H21FN4O/c1-20(22)9-6-16(26-12-20)19-24-17(13-2-4-15(21)5-3-13)18(25-19)14-7-10-23-11-8-14/h2-5,7-8,10-11,16H,6,9,12,22H2,1H3,(H,24,25). The second kappa shape index (κ2) is 6.63. The highest BCUT2D eigenvalue weighted by molar-refractivity contribution is 5.78. The summed E-state index contributed by atoms with van der Waals surface area (Å²) in [5.41, 5.74) is 9.32. The summed E-state index contributed by atoms with van der Waals surface area (Å²) in [6, 6.07) is 10.2. The number of hydrogen-bond donors (Lipinski definition) is 2. The third-order valence-corrected chi connectivity index (χ3v) is 4.71. The maximum Gasteiger partial charge on any atom is 0.136 e. The summed E-state index contributed by atoms with van der Waals surface area (Å²) in [7, 11) is 0. The van der Waals surface area contributed by atoms with Crippen LogP contribution in [0.5, 0.6) is 0 Å². The van der Waals surface area contributed by atoms with Crippen LogP contribution in [0.1, 0.15) is 31.7 Å². The Bertz CT molecular complexity index is 880. The van der Waals surface area contributed by atoms with Gasteiger partial charge in [0.25, 0.3) is 0 Å². The van der Waals surface area contributed by atoms with Crippen LogP contribution >= 0.6 is 0 Å². The first-order valence-corrected chi connectivity index (χ1v) is 8.69. The van der Waals surface area contributed by atoms with Crippen LogP contribution in [0.15, 0.2) is 48.8 Å². The predicted molar refractivity (Wildman–Crippen MR) is 97.7 cm³/mol. The number of rotatable bonds is 3. The van der Waals surface area contributed by atoms with Crippen LogP contribution in [-0.4, -0.2) is 27.1 Å². The Labute approximate surface area is 151 Å². The molecule has 6 heteroatoms. The number of ether oxygens (including phenoxy) is 1. The van der Waals surface area contributed by atoms with Gasteiger partial charge < -0.3 is 15.5 Å². The Kier molecular flexibility index (Phi) is 4.30. The summed E-state index contributed by atoms with van der Waals surface area (Å²) < 4.78 is 19.3. The van der Waals surface area contributed by atoms with E-state index >= 15 is 0 Å². The van der Waals surface area contributed by atoms with E-state index in [-0.39, 0.29) is 17.5 Å². The number of halogens is 1. The summed E-state index contributed by atoms with van der Waals surface area (Å²) in [6.07, 6.45) is 5.01. The first kappa shape index (κ1) is 16.9. The van der Waals surface area contributed by atoms with Crippen molar-refractivity contribution in [1.29, 1.82) is 0 Å². The van der Waals surface area contributed by atoms with Crippen LogP contribution in [0.2, 0.25) is 0 Å². The number of imidazole rings is 1. The molecule has 1 aliphatic rings. The Morgan fingerprint density at radius 2 is 1.88 bits per heavy atom. The number of nitrogens with zero attached hydrogens (tertiary/aromatic N) is 2. The molecule has 5 nitrogen and oxygen atoms in total. The van der Waals surface area contributed by atoms with E-state index in [9.17, 15) is 4.39 Å². The van der Waals surface area contributed by atoms with E-state index in [0.717, 1.165) is 41.2 Å². The lowest BCUT2D eigenvalue weighted by Crippen LogP contribution is -2.45. The molecule has 0 amide bonds. The molecule has 1 aliphatic heterocycles. The molecule has 0 radical (unpaired) electrons. The predicted octanol–water partition coefficient (Wildman–Crippen LogP) is 3.85. The highest BCUT2D eigenvalue weighted by Crippen LogP contribution is 2.35. The van der Waals surface area contributed by atoms with Gasteiger partial charge in [0, 0.05) is 29.1 Å². The number of benzene rings is 1. The monoisotopic (exact) mass is 352 g/mol. The molecule has 3 aromatic rings. The summed E-state index contributed by atoms with van der Waals surface area (Å²) in [6.45, 7) is 2.49. The lowest BCUT2D eigenvalue weighted by Gasteiger charge is -2.33. The Morgan fingerprint density at radius 3 is 2.54 bits per heavy atom. The highest BCUT2D eigenvalue weighted by atomic mass is 19.1. The van der Waals surface area contributed by atoms with Gasteiger partial charge in [-0.25, -0.2) is 9.37 Å². The average molecular weight is 352 g/mol. The fourth-order valence-electron chi connectivity index (χ4n) is 3.21. The zero-order valence-corrected chi connectivity index (χ0v) is 14.6. The SMILES string of the molecule is CC1(N)CCC(c2nc(-c3ccncc3)c(-c3ccc(F)cc3)[nH]2)OC1. The number of aromatic nitrogens is 3. The zero-order chi connectivity index (χ0) is 18.1. The number of aromatic amines is 1. The average Bonchev–Trinajstić information content (AvgIpc) is 3.08. The van der Waals surface area contributed by atoms with E-state index in [0.29, 0.717) is 6.61 Å². The van der Waals surface area contributed by atoms with Crippen molar-refractivity contribution < 1.29 is 9.13 Å². The Hall–Kier alpha value is -2.57. The third-order valence-electron chi connectivity index (χ3n) is 4.71. The summed E-state index contributed by atoms with van der Waals surface area (Å²) in [4.78, 5) is 12.3. The molecule has 0 spiro atoms. The molecule has 2 atom stereocenters. The molecular weight excluding hydrogens is 331 g/mol. The van der Waals surface area contributed by atoms with Crippen molar-refractivity contribution in [1.82, 2.24) is 15.0 Å². The minimum atomic E-state index is -0.295. The number of pyridine rings is 1. The van der Waals surface area contributed by atoms with Gasteiger partial charge in [0.05, 0.1) is 18.0 Å². The Morgan fingerprint density at radius 1 is 1.15 bits per heavy atom. The summed E-state index contributed by atoms with van der Waals surface area (Å²) in [5.74, 6) is 0.503. The molecule has 1 aromatic carbocycles. The number of nitrogens with one attached hydrogen (secondary N) is 1. The largest absolute Gasteiger partial charge is 0.368 e. The number of nitrogens with two attached hydrogens (primary N) is 1. The van der Waals surface area contributed by atoms with Gasteiger partial charge in [-0.1, -0.05) is 0 Å². The van der Waals surface area contributed by atoms with Crippen molar-refractivity contribution in [3.63, 3.8) is 0 Å². The van der Waals surface area contributed by atoms with Crippen molar-refractivity contribution in [2.24, 2.45) is 5.73 Å². The van der Waals surface area contributed by atoms with E-state index in [4.69, 9.17) is 15.5 Å². The van der Waals surface area contributed by atoms with Crippen molar-refractivity contribution in [3.8, 4) is 22.5 Å². The fraction of sp³-hybridized carbons (Fsp3) is 0.300. The van der Waals surface area contributed by atoms with Crippen LogP contribution in [0.25, 0.3) is 22.5 Å². The minimum absolute atomic E-state index is 0.124. The number of H-pyrrole nitrogens is 1. The first-order chi connectivity index (χ1) is 12.5. The minimum Gasteiger partial charge on any atom is -0.368 e. The van der Waals surface area contributed by atoms with Gasteiger partial charge in [-0.3, -0.25) is 4.98 Å². The van der Waals surface area contributed by atoms with Crippen LogP contribution in [0.3, 0.4) is 0 Å². The molecule has 3 N–H and O–H groups in total. The normalized spacial score (nSPS) is 23.1. The smallest absolute Gasteiger partial charge is 0.136 e. The van der Waals surface area contributed by atoms with Gasteiger partial charge in [0.1, 0.15) is 17.7 Å². The molecule has 0 saturated carbocycles. The van der Waals surface area contributed by atoms with Crippen LogP contribution < -0.4 is 5.73 Å². The molecule has 2 aromatic heterocycles. The molecule has 26 heavy (non-hydrogen) atoms. The molecule has 1 saturated heterocycles. The lowest BCUT2D eigenvalue weighted by molar-refractivity contribution is -0.0276. The van der Waals surface area contributed by atoms with Crippen LogP contribution in [0.4, 0.5) is 4.39 Å². The molecule has 0 aliphatic carbocycles. The second-order valence-electron chi connectivity index (χ2n) is 7.08. The summed E-state index contributed by atoms with van der Waals surface area (Å²) in [5, 5.41) is 0. The quantitative estimate of drug-likeness (QED) is 0.751. The van der Waals surface area contributed by atoms with E-state index in [1.807, 2.05) is 19.1 Å². The number of hydrogen-bond acceptors (Lipinski definition) is 4.